The molecule has 3 heterocycles. The van der Waals surface area contributed by atoms with Gasteiger partial charge in [0.25, 0.3) is 5.89 Å². The van der Waals surface area contributed by atoms with Crippen molar-refractivity contribution < 1.29 is 9.26 Å². The zero-order chi connectivity index (χ0) is 13.5. The molecule has 0 spiro atoms. The van der Waals surface area contributed by atoms with E-state index >= 15 is 0 Å². The number of nitrogens with zero attached hydrogens (tertiary/aromatic N) is 2. The third-order valence-corrected chi connectivity index (χ3v) is 3.91. The van der Waals surface area contributed by atoms with Crippen LogP contribution in [-0.4, -0.2) is 28.3 Å². The maximum absolute atomic E-state index is 6.16. The first-order valence-corrected chi connectivity index (χ1v) is 6.88. The number of halogens is 1. The molecule has 0 aliphatic carbocycles. The quantitative estimate of drug-likeness (QED) is 0.785. The number of aromatic amines is 1. The van der Waals surface area contributed by atoms with E-state index in [1.807, 2.05) is 24.3 Å². The second kappa shape index (κ2) is 4.61. The molecule has 2 aromatic heterocycles. The molecule has 0 radical (unpaired) electrons. The van der Waals surface area contributed by atoms with E-state index in [9.17, 15) is 0 Å². The normalized spacial score (nSPS) is 18.9. The van der Waals surface area contributed by atoms with E-state index in [-0.39, 0.29) is 5.92 Å². The first-order chi connectivity index (χ1) is 9.81. The number of aromatic nitrogens is 3. The van der Waals surface area contributed by atoms with Gasteiger partial charge in [0.05, 0.1) is 6.61 Å². The highest BCUT2D eigenvalue weighted by atomic mass is 35.5. The molecule has 1 aliphatic rings. The van der Waals surface area contributed by atoms with Gasteiger partial charge in [0.1, 0.15) is 5.69 Å². The fourth-order valence-electron chi connectivity index (χ4n) is 2.48. The lowest BCUT2D eigenvalue weighted by Crippen LogP contribution is -1.99. The van der Waals surface area contributed by atoms with E-state index in [1.165, 1.54) is 0 Å². The first kappa shape index (κ1) is 11.9. The summed E-state index contributed by atoms with van der Waals surface area (Å²) in [5, 5.41) is 5.70. The maximum atomic E-state index is 6.16. The van der Waals surface area contributed by atoms with Crippen LogP contribution in [0.4, 0.5) is 0 Å². The monoisotopic (exact) mass is 289 g/mol. The van der Waals surface area contributed by atoms with Gasteiger partial charge in [0.2, 0.25) is 0 Å². The van der Waals surface area contributed by atoms with E-state index in [0.29, 0.717) is 23.3 Å². The van der Waals surface area contributed by atoms with E-state index in [0.717, 1.165) is 29.6 Å². The molecule has 20 heavy (non-hydrogen) atoms. The van der Waals surface area contributed by atoms with Crippen LogP contribution in [0.15, 0.2) is 28.8 Å². The van der Waals surface area contributed by atoms with E-state index in [2.05, 4.69) is 15.1 Å². The predicted octanol–water partition coefficient (Wildman–Crippen LogP) is 3.38. The van der Waals surface area contributed by atoms with Crippen molar-refractivity contribution in [2.24, 2.45) is 0 Å². The van der Waals surface area contributed by atoms with Gasteiger partial charge in [-0.3, -0.25) is 0 Å². The summed E-state index contributed by atoms with van der Waals surface area (Å²) in [6.07, 6.45) is 0.942. The smallest absolute Gasteiger partial charge is 0.274 e. The molecule has 5 nitrogen and oxygen atoms in total. The fourth-order valence-corrected chi connectivity index (χ4v) is 2.71. The molecule has 102 valence electrons. The Kier molecular flexibility index (Phi) is 2.75. The minimum Gasteiger partial charge on any atom is -0.381 e. The number of hydrogen-bond acceptors (Lipinski definition) is 4. The summed E-state index contributed by atoms with van der Waals surface area (Å²) in [5.74, 6) is 1.43. The number of fused-ring (bicyclic) bond motifs is 1. The van der Waals surface area contributed by atoms with Gasteiger partial charge in [0.15, 0.2) is 5.82 Å². The lowest BCUT2D eigenvalue weighted by Gasteiger charge is -1.97. The Morgan fingerprint density at radius 3 is 3.10 bits per heavy atom. The molecule has 1 aromatic carbocycles. The van der Waals surface area contributed by atoms with Gasteiger partial charge in [-0.25, -0.2) is 0 Å². The summed E-state index contributed by atoms with van der Waals surface area (Å²) in [4.78, 5) is 7.70. The Hall–Kier alpha value is -1.85. The van der Waals surface area contributed by atoms with Crippen molar-refractivity contribution in [2.75, 3.05) is 13.2 Å². The molecule has 1 fully saturated rings. The summed E-state index contributed by atoms with van der Waals surface area (Å²) in [6, 6.07) is 7.66. The summed E-state index contributed by atoms with van der Waals surface area (Å²) >= 11 is 6.16. The highest BCUT2D eigenvalue weighted by Gasteiger charge is 2.23. The Morgan fingerprint density at radius 1 is 1.35 bits per heavy atom. The highest BCUT2D eigenvalue weighted by Crippen LogP contribution is 2.29. The number of nitrogens with one attached hydrogen (secondary N) is 1. The minimum atomic E-state index is 0.237. The molecule has 6 heteroatoms. The molecule has 0 saturated carbocycles. The van der Waals surface area contributed by atoms with Crippen molar-refractivity contribution in [3.8, 4) is 11.6 Å². The van der Waals surface area contributed by atoms with Crippen LogP contribution in [0.2, 0.25) is 5.02 Å². The summed E-state index contributed by atoms with van der Waals surface area (Å²) in [5.41, 5.74) is 1.74. The molecular weight excluding hydrogens is 278 g/mol. The van der Waals surface area contributed by atoms with E-state index < -0.39 is 0 Å². The van der Waals surface area contributed by atoms with Crippen molar-refractivity contribution >= 4 is 22.5 Å². The van der Waals surface area contributed by atoms with Crippen LogP contribution in [0.5, 0.6) is 0 Å². The largest absolute Gasteiger partial charge is 0.381 e. The Morgan fingerprint density at radius 2 is 2.30 bits per heavy atom. The number of benzene rings is 1. The number of H-pyrrole nitrogens is 1. The molecule has 3 aromatic rings. The summed E-state index contributed by atoms with van der Waals surface area (Å²) in [6.45, 7) is 1.42. The van der Waals surface area contributed by atoms with Gasteiger partial charge in [0, 0.05) is 28.5 Å². The predicted molar refractivity (Wildman–Crippen MR) is 74.8 cm³/mol. The topological polar surface area (TPSA) is 63.9 Å². The second-order valence-corrected chi connectivity index (χ2v) is 5.31. The third-order valence-electron chi connectivity index (χ3n) is 3.58. The lowest BCUT2D eigenvalue weighted by molar-refractivity contribution is 0.192. The maximum Gasteiger partial charge on any atom is 0.274 e. The average molecular weight is 290 g/mol. The molecule has 0 bridgehead atoms. The standard InChI is InChI=1S/C14H12ClN3O2/c15-10-2-1-3-11-9(10)6-12(16-11)14-17-13(18-20-14)8-4-5-19-7-8/h1-3,6,8,16H,4-5,7H2. The van der Waals surface area contributed by atoms with Crippen LogP contribution in [0.3, 0.4) is 0 Å². The van der Waals surface area contributed by atoms with Crippen LogP contribution in [0, 0.1) is 0 Å². The van der Waals surface area contributed by atoms with E-state index in [4.69, 9.17) is 20.9 Å². The first-order valence-electron chi connectivity index (χ1n) is 6.50. The molecule has 1 saturated heterocycles. The molecule has 1 aliphatic heterocycles. The van der Waals surface area contributed by atoms with E-state index in [1.54, 1.807) is 0 Å². The molecular formula is C14H12ClN3O2. The number of rotatable bonds is 2. The van der Waals surface area contributed by atoms with Gasteiger partial charge in [-0.1, -0.05) is 22.8 Å². The van der Waals surface area contributed by atoms with Crippen LogP contribution < -0.4 is 0 Å². The van der Waals surface area contributed by atoms with Gasteiger partial charge in [-0.15, -0.1) is 0 Å². The zero-order valence-electron chi connectivity index (χ0n) is 10.6. The zero-order valence-corrected chi connectivity index (χ0v) is 11.4. The van der Waals surface area contributed by atoms with Crippen molar-refractivity contribution in [2.45, 2.75) is 12.3 Å². The lowest BCUT2D eigenvalue weighted by atomic mass is 10.1. The van der Waals surface area contributed by atoms with Crippen molar-refractivity contribution in [1.82, 2.24) is 15.1 Å². The van der Waals surface area contributed by atoms with Crippen LogP contribution in [0.25, 0.3) is 22.5 Å². The van der Waals surface area contributed by atoms with Crippen LogP contribution >= 0.6 is 11.6 Å². The molecule has 1 unspecified atom stereocenters. The fraction of sp³-hybridized carbons (Fsp3) is 0.286. The molecule has 1 atom stereocenters. The van der Waals surface area contributed by atoms with Gasteiger partial charge in [-0.05, 0) is 24.6 Å². The van der Waals surface area contributed by atoms with Crippen molar-refractivity contribution in [3.63, 3.8) is 0 Å². The Balaban J connectivity index is 1.73. The second-order valence-electron chi connectivity index (χ2n) is 4.90. The summed E-state index contributed by atoms with van der Waals surface area (Å²) in [7, 11) is 0. The Bertz CT molecular complexity index is 759. The SMILES string of the molecule is Clc1cccc2[nH]c(-c3nc(C4CCOC4)no3)cc12. The van der Waals surface area contributed by atoms with Gasteiger partial charge >= 0.3 is 0 Å². The van der Waals surface area contributed by atoms with Crippen LogP contribution in [0.1, 0.15) is 18.2 Å². The highest BCUT2D eigenvalue weighted by molar-refractivity contribution is 6.35. The average Bonchev–Trinajstić information content (AvgIpc) is 3.18. The Labute approximate surface area is 119 Å². The molecule has 0 amide bonds. The minimum absolute atomic E-state index is 0.237. The summed E-state index contributed by atoms with van der Waals surface area (Å²) < 4.78 is 10.7. The van der Waals surface area contributed by atoms with Gasteiger partial charge < -0.3 is 14.2 Å². The van der Waals surface area contributed by atoms with Gasteiger partial charge in [-0.2, -0.15) is 4.98 Å². The van der Waals surface area contributed by atoms with Crippen molar-refractivity contribution in [1.29, 1.82) is 0 Å². The molecule has 4 rings (SSSR count). The number of hydrogen-bond donors (Lipinski definition) is 1. The van der Waals surface area contributed by atoms with Crippen LogP contribution in [-0.2, 0) is 4.74 Å². The van der Waals surface area contributed by atoms with Crippen molar-refractivity contribution in [3.05, 3.63) is 35.1 Å². The third kappa shape index (κ3) is 1.90. The number of ether oxygens (including phenoxy) is 1. The molecule has 1 N–H and O–H groups in total.